The van der Waals surface area contributed by atoms with Crippen LogP contribution in [0.15, 0.2) is 11.3 Å². The Bertz CT molecular complexity index is 458. The molecule has 7 nitrogen and oxygen atoms in total. The van der Waals surface area contributed by atoms with Crippen LogP contribution in [0.5, 0.6) is 0 Å². The second kappa shape index (κ2) is 7.97. The molecule has 1 fully saturated rings. The second-order valence-corrected chi connectivity index (χ2v) is 5.23. The lowest BCUT2D eigenvalue weighted by Gasteiger charge is -2.21. The fourth-order valence-corrected chi connectivity index (χ4v) is 2.48. The van der Waals surface area contributed by atoms with Gasteiger partial charge < -0.3 is 15.0 Å². The highest BCUT2D eigenvalue weighted by Crippen LogP contribution is 2.16. The Kier molecular flexibility index (Phi) is 5.98. The number of ether oxygens (including phenoxy) is 1. The van der Waals surface area contributed by atoms with E-state index in [0.717, 1.165) is 51.1 Å². The molecule has 1 aliphatic rings. The first-order valence-electron chi connectivity index (χ1n) is 7.68. The van der Waals surface area contributed by atoms with E-state index in [2.05, 4.69) is 32.2 Å². The summed E-state index contributed by atoms with van der Waals surface area (Å²) in [5, 5.41) is 7.43. The Balaban J connectivity index is 1.94. The monoisotopic (exact) mass is 294 g/mol. The summed E-state index contributed by atoms with van der Waals surface area (Å²) in [6, 6.07) is 0. The predicted molar refractivity (Wildman–Crippen MR) is 82.0 cm³/mol. The van der Waals surface area contributed by atoms with Gasteiger partial charge in [-0.15, -0.1) is 0 Å². The van der Waals surface area contributed by atoms with E-state index in [-0.39, 0.29) is 0 Å². The molecule has 118 valence electrons. The molecule has 0 aliphatic carbocycles. The minimum atomic E-state index is 0.547. The van der Waals surface area contributed by atoms with E-state index in [4.69, 9.17) is 4.74 Å². The number of hydrogen-bond donors (Lipinski definition) is 1. The molecule has 1 atom stereocenters. The Morgan fingerprint density at radius 2 is 2.38 bits per heavy atom. The van der Waals surface area contributed by atoms with Gasteiger partial charge in [0, 0.05) is 39.2 Å². The van der Waals surface area contributed by atoms with E-state index in [0.29, 0.717) is 12.5 Å². The van der Waals surface area contributed by atoms with Crippen LogP contribution in [0.4, 0.5) is 0 Å². The first kappa shape index (κ1) is 15.8. The minimum Gasteiger partial charge on any atom is -0.381 e. The van der Waals surface area contributed by atoms with Crippen molar-refractivity contribution in [3.8, 4) is 0 Å². The van der Waals surface area contributed by atoms with Gasteiger partial charge in [0.1, 0.15) is 18.7 Å². The minimum absolute atomic E-state index is 0.547. The summed E-state index contributed by atoms with van der Waals surface area (Å²) in [6.45, 7) is 9.21. The lowest BCUT2D eigenvalue weighted by molar-refractivity contribution is 0.114. The lowest BCUT2D eigenvalue weighted by Crippen LogP contribution is -2.40. The number of hydrogen-bond acceptors (Lipinski definition) is 4. The second-order valence-electron chi connectivity index (χ2n) is 5.23. The molecule has 0 amide bonds. The van der Waals surface area contributed by atoms with Crippen LogP contribution in [0.1, 0.15) is 26.1 Å². The summed E-state index contributed by atoms with van der Waals surface area (Å²) in [4.78, 5) is 11.2. The fourth-order valence-electron chi connectivity index (χ4n) is 2.48. The lowest BCUT2D eigenvalue weighted by atomic mass is 10.1. The molecule has 2 rings (SSSR count). The summed E-state index contributed by atoms with van der Waals surface area (Å²) in [5.41, 5.74) is 0. The van der Waals surface area contributed by atoms with Gasteiger partial charge in [-0.3, -0.25) is 4.68 Å². The summed E-state index contributed by atoms with van der Waals surface area (Å²) in [6.07, 6.45) is 2.72. The number of aromatic nitrogens is 3. The molecule has 0 spiro atoms. The van der Waals surface area contributed by atoms with Gasteiger partial charge in [-0.2, -0.15) is 5.10 Å². The Labute approximate surface area is 126 Å². The third-order valence-corrected chi connectivity index (χ3v) is 3.65. The molecule has 0 saturated carbocycles. The summed E-state index contributed by atoms with van der Waals surface area (Å²) in [5.74, 6) is 2.43. The maximum atomic E-state index is 5.53. The number of aryl methyl sites for hydroxylation is 1. The average Bonchev–Trinajstić information content (AvgIpc) is 3.10. The molecule has 0 radical (unpaired) electrons. The number of likely N-dealkylation sites (tertiary alicyclic amines) is 1. The van der Waals surface area contributed by atoms with Crippen molar-refractivity contribution in [3.63, 3.8) is 0 Å². The van der Waals surface area contributed by atoms with Gasteiger partial charge >= 0.3 is 0 Å². The van der Waals surface area contributed by atoms with E-state index in [1.807, 2.05) is 14.0 Å². The van der Waals surface area contributed by atoms with Gasteiger partial charge in [0.05, 0.1) is 6.61 Å². The van der Waals surface area contributed by atoms with Gasteiger partial charge in [0.25, 0.3) is 0 Å². The number of nitrogens with zero attached hydrogens (tertiary/aromatic N) is 5. The van der Waals surface area contributed by atoms with E-state index in [9.17, 15) is 0 Å². The molecule has 1 aromatic heterocycles. The third-order valence-electron chi connectivity index (χ3n) is 3.65. The predicted octanol–water partition coefficient (Wildman–Crippen LogP) is 0.639. The Hall–Kier alpha value is -1.63. The van der Waals surface area contributed by atoms with Crippen molar-refractivity contribution >= 4 is 5.96 Å². The van der Waals surface area contributed by atoms with Crippen molar-refractivity contribution in [1.29, 1.82) is 0 Å². The molecule has 0 bridgehead atoms. The van der Waals surface area contributed by atoms with Gasteiger partial charge in [-0.05, 0) is 20.3 Å². The standard InChI is InChI=1S/C14H26N6O/c1-4-15-14(16-8-13-17-11-18-19(13)3)20-7-6-12(9-20)10-21-5-2/h11-12H,4-10H2,1-3H3,(H,15,16). The normalized spacial score (nSPS) is 19.3. The van der Waals surface area contributed by atoms with E-state index in [1.54, 1.807) is 11.0 Å². The molecule has 1 saturated heterocycles. The zero-order valence-corrected chi connectivity index (χ0v) is 13.2. The van der Waals surface area contributed by atoms with Crippen LogP contribution in [0.3, 0.4) is 0 Å². The van der Waals surface area contributed by atoms with Crippen LogP contribution in [-0.4, -0.2) is 58.5 Å². The van der Waals surface area contributed by atoms with Crippen molar-refractivity contribution in [2.75, 3.05) is 32.8 Å². The van der Waals surface area contributed by atoms with Gasteiger partial charge in [0.15, 0.2) is 5.96 Å². The summed E-state index contributed by atoms with van der Waals surface area (Å²) in [7, 11) is 1.89. The maximum Gasteiger partial charge on any atom is 0.194 e. The first-order valence-corrected chi connectivity index (χ1v) is 7.68. The molecule has 1 aliphatic heterocycles. The third kappa shape index (κ3) is 4.42. The van der Waals surface area contributed by atoms with Crippen LogP contribution in [0.25, 0.3) is 0 Å². The summed E-state index contributed by atoms with van der Waals surface area (Å²) < 4.78 is 7.29. The molecular formula is C14H26N6O. The fraction of sp³-hybridized carbons (Fsp3) is 0.786. The zero-order valence-electron chi connectivity index (χ0n) is 13.2. The highest BCUT2D eigenvalue weighted by atomic mass is 16.5. The van der Waals surface area contributed by atoms with Crippen LogP contribution in [0, 0.1) is 5.92 Å². The number of rotatable bonds is 6. The van der Waals surface area contributed by atoms with Crippen molar-refractivity contribution < 1.29 is 4.74 Å². The topological polar surface area (TPSA) is 67.6 Å². The molecule has 21 heavy (non-hydrogen) atoms. The number of nitrogens with one attached hydrogen (secondary N) is 1. The smallest absolute Gasteiger partial charge is 0.194 e. The molecule has 1 aromatic rings. The molecule has 2 heterocycles. The SMILES string of the molecule is CCNC(=NCc1ncnn1C)N1CCC(COCC)C1. The zero-order chi connectivity index (χ0) is 15.1. The quantitative estimate of drug-likeness (QED) is 0.616. The van der Waals surface area contributed by atoms with E-state index >= 15 is 0 Å². The van der Waals surface area contributed by atoms with E-state index < -0.39 is 0 Å². The maximum absolute atomic E-state index is 5.53. The Morgan fingerprint density at radius 3 is 3.05 bits per heavy atom. The molecule has 1 unspecified atom stereocenters. The van der Waals surface area contributed by atoms with Crippen molar-refractivity contribution in [2.24, 2.45) is 18.0 Å². The molecule has 7 heteroatoms. The first-order chi connectivity index (χ1) is 10.2. The van der Waals surface area contributed by atoms with Crippen molar-refractivity contribution in [3.05, 3.63) is 12.2 Å². The number of guanidine groups is 1. The van der Waals surface area contributed by atoms with Crippen LogP contribution in [0.2, 0.25) is 0 Å². The van der Waals surface area contributed by atoms with Crippen molar-refractivity contribution in [1.82, 2.24) is 25.0 Å². The highest BCUT2D eigenvalue weighted by molar-refractivity contribution is 5.80. The number of aliphatic imine (C=N–C) groups is 1. The van der Waals surface area contributed by atoms with Crippen molar-refractivity contribution in [2.45, 2.75) is 26.8 Å². The van der Waals surface area contributed by atoms with Crippen LogP contribution in [-0.2, 0) is 18.3 Å². The van der Waals surface area contributed by atoms with Crippen LogP contribution < -0.4 is 5.32 Å². The average molecular weight is 294 g/mol. The molecule has 1 N–H and O–H groups in total. The van der Waals surface area contributed by atoms with Gasteiger partial charge in [0.2, 0.25) is 0 Å². The Morgan fingerprint density at radius 1 is 1.52 bits per heavy atom. The largest absolute Gasteiger partial charge is 0.381 e. The van der Waals surface area contributed by atoms with Gasteiger partial charge in [-0.1, -0.05) is 0 Å². The van der Waals surface area contributed by atoms with E-state index in [1.165, 1.54) is 0 Å². The summed E-state index contributed by atoms with van der Waals surface area (Å²) >= 11 is 0. The molecule has 0 aromatic carbocycles. The highest BCUT2D eigenvalue weighted by Gasteiger charge is 2.24. The van der Waals surface area contributed by atoms with Gasteiger partial charge in [-0.25, -0.2) is 9.98 Å². The molecular weight excluding hydrogens is 268 g/mol. The van der Waals surface area contributed by atoms with Crippen LogP contribution >= 0.6 is 0 Å².